The van der Waals surface area contributed by atoms with E-state index in [0.717, 1.165) is 130 Å². The van der Waals surface area contributed by atoms with Crippen LogP contribution in [0, 0.1) is 23.7 Å². The maximum Gasteiger partial charge on any atom is 0.175 e. The van der Waals surface area contributed by atoms with Crippen LogP contribution in [0.25, 0.3) is 59.9 Å². The van der Waals surface area contributed by atoms with Gasteiger partial charge in [0.05, 0.1) is 59.1 Å². The van der Waals surface area contributed by atoms with Crippen molar-refractivity contribution in [2.75, 3.05) is 13.2 Å². The van der Waals surface area contributed by atoms with Gasteiger partial charge >= 0.3 is 0 Å². The minimum absolute atomic E-state index is 0.0645. The Morgan fingerprint density at radius 1 is 0.524 bits per heavy atom. The van der Waals surface area contributed by atoms with Gasteiger partial charge in [-0.1, -0.05) is 107 Å². The molecule has 0 amide bonds. The van der Waals surface area contributed by atoms with Crippen LogP contribution >= 0.6 is 99.9 Å². The molecule has 0 saturated heterocycles. The van der Waals surface area contributed by atoms with Gasteiger partial charge in [-0.25, -0.2) is 0 Å². The van der Waals surface area contributed by atoms with E-state index in [9.17, 15) is 9.59 Å². The zero-order valence-electron chi connectivity index (χ0n) is 38.1. The first-order valence-electron chi connectivity index (χ1n) is 23.3. The molecule has 0 aliphatic rings. The Labute approximate surface area is 415 Å². The van der Waals surface area contributed by atoms with E-state index in [1.54, 1.807) is 68.0 Å². The summed E-state index contributed by atoms with van der Waals surface area (Å²) in [5.74, 6) is 3.42. The smallest absolute Gasteiger partial charge is 0.175 e. The van der Waals surface area contributed by atoms with Crippen molar-refractivity contribution in [1.29, 1.82) is 0 Å². The van der Waals surface area contributed by atoms with Crippen molar-refractivity contribution in [3.8, 4) is 31.0 Å². The Balaban J connectivity index is 1.40. The number of halogens is 2. The number of benzene rings is 1. The molecule has 0 bridgehead atoms. The van der Waals surface area contributed by atoms with E-state index in [1.807, 2.05) is 0 Å². The average Bonchev–Trinajstić information content (AvgIpc) is 4.15. The molecule has 0 aliphatic carbocycles. The number of hydrogen-bond donors (Lipinski definition) is 0. The normalized spacial score (nSPS) is 14.1. The fraction of sp³-hybridized carbons (Fsp3) is 0.529. The predicted molar refractivity (Wildman–Crippen MR) is 289 cm³/mol. The first kappa shape index (κ1) is 49.3. The number of rotatable bonds is 25. The number of unbranched alkanes of at least 4 members (excludes halogenated alkanes) is 3. The lowest BCUT2D eigenvalue weighted by Crippen LogP contribution is -2.12. The fourth-order valence-electron chi connectivity index (χ4n) is 8.36. The minimum Gasteiger partial charge on any atom is -0.491 e. The van der Waals surface area contributed by atoms with Crippen LogP contribution in [-0.4, -0.2) is 24.8 Å². The summed E-state index contributed by atoms with van der Waals surface area (Å²) in [6, 6.07) is 8.93. The third-order valence-corrected chi connectivity index (χ3v) is 21.8. The van der Waals surface area contributed by atoms with Gasteiger partial charge in [0.15, 0.2) is 11.6 Å². The van der Waals surface area contributed by atoms with E-state index in [0.29, 0.717) is 25.0 Å². The molecule has 1 aromatic carbocycles. The van der Waals surface area contributed by atoms with Crippen molar-refractivity contribution < 1.29 is 19.1 Å². The number of hydrogen-bond acceptors (Lipinski definition) is 10. The lowest BCUT2D eigenvalue weighted by atomic mass is 9.94. The van der Waals surface area contributed by atoms with E-state index in [1.165, 1.54) is 41.8 Å². The fourth-order valence-corrected chi connectivity index (χ4v) is 17.6. The van der Waals surface area contributed by atoms with Crippen LogP contribution in [0.15, 0.2) is 31.8 Å². The highest BCUT2D eigenvalue weighted by Gasteiger charge is 2.29. The van der Waals surface area contributed by atoms with E-state index in [2.05, 4.69) is 112 Å². The molecule has 0 saturated carbocycles. The van der Waals surface area contributed by atoms with Gasteiger partial charge in [-0.3, -0.25) is 9.59 Å². The molecule has 0 N–H and O–H groups in total. The standard InChI is InChI=1S/C51H62Br2O4S6/c1-9-16-19-29(13-5)27-57-43-33-23-39(49-47-35(51(53)63-49)25-37(59-47)41(55)31(15-7)21-18-11-3)60-44(33)42(56-26-28(8)12-4)32-22-38(61-45(32)43)48-46-34(50(52)62-48)24-36(58-46)40(54)30(14-6)20-17-10-2/h22-25,28-31H,9-21,26-27H2,1-8H3. The molecule has 7 rings (SSSR count). The highest BCUT2D eigenvalue weighted by atomic mass is 79.9. The lowest BCUT2D eigenvalue weighted by molar-refractivity contribution is 0.0905. The molecule has 0 radical (unpaired) electrons. The topological polar surface area (TPSA) is 52.6 Å². The first-order chi connectivity index (χ1) is 30.5. The molecule has 6 heterocycles. The van der Waals surface area contributed by atoms with Gasteiger partial charge in [-0.15, -0.1) is 68.0 Å². The highest BCUT2D eigenvalue weighted by Crippen LogP contribution is 2.57. The van der Waals surface area contributed by atoms with Crippen LogP contribution in [0.1, 0.15) is 158 Å². The highest BCUT2D eigenvalue weighted by molar-refractivity contribution is 9.11. The summed E-state index contributed by atoms with van der Waals surface area (Å²) in [7, 11) is 0. The summed E-state index contributed by atoms with van der Waals surface area (Å²) >= 11 is 18.2. The van der Waals surface area contributed by atoms with E-state index >= 15 is 0 Å². The number of ether oxygens (including phenoxy) is 2. The molecule has 7 aromatic rings. The number of carbonyl (C=O) groups excluding carboxylic acids is 2. The molecule has 0 aliphatic heterocycles. The Morgan fingerprint density at radius 2 is 0.968 bits per heavy atom. The van der Waals surface area contributed by atoms with Crippen LogP contribution in [0.5, 0.6) is 11.5 Å². The third kappa shape index (κ3) is 10.4. The molecule has 63 heavy (non-hydrogen) atoms. The maximum absolute atomic E-state index is 13.9. The number of Topliss-reactive ketones (excluding diaryl/α,β-unsaturated/α-hetero) is 2. The zero-order valence-corrected chi connectivity index (χ0v) is 46.1. The molecule has 12 heteroatoms. The van der Waals surface area contributed by atoms with Crippen molar-refractivity contribution in [1.82, 2.24) is 0 Å². The van der Waals surface area contributed by atoms with Crippen molar-refractivity contribution >= 4 is 152 Å². The Hall–Kier alpha value is -1.64. The molecule has 0 spiro atoms. The van der Waals surface area contributed by atoms with Gasteiger partial charge in [0.2, 0.25) is 0 Å². The summed E-state index contributed by atoms with van der Waals surface area (Å²) in [4.78, 5) is 34.2. The summed E-state index contributed by atoms with van der Waals surface area (Å²) in [5, 5.41) is 4.43. The van der Waals surface area contributed by atoms with Gasteiger partial charge in [0, 0.05) is 43.1 Å². The number of thiophene rings is 6. The van der Waals surface area contributed by atoms with Crippen molar-refractivity contribution in [2.45, 2.75) is 139 Å². The maximum atomic E-state index is 13.9. The lowest BCUT2D eigenvalue weighted by Gasteiger charge is -2.18. The third-order valence-electron chi connectivity index (χ3n) is 12.7. The Bertz CT molecular complexity index is 2510. The SMILES string of the molecule is CCCCC(CC)COc1c2cc(-c3sc(Br)c4cc(C(=O)C(CC)CCCC)sc34)sc2c(OCC(C)CC)c2cc(-c3sc(Br)c4cc(C(=O)C(CC)CCCC)sc34)sc12. The number of fused-ring (bicyclic) bond motifs is 4. The van der Waals surface area contributed by atoms with Crippen LogP contribution in [0.2, 0.25) is 0 Å². The second-order valence-electron chi connectivity index (χ2n) is 17.3. The number of carbonyl (C=O) groups is 2. The molecular formula is C51H62Br2O4S6. The summed E-state index contributed by atoms with van der Waals surface area (Å²) in [5.41, 5.74) is 0. The van der Waals surface area contributed by atoms with E-state index in [-0.39, 0.29) is 23.4 Å². The quantitative estimate of drug-likeness (QED) is 0.0535. The monoisotopic (exact) mass is 1090 g/mol. The molecular weight excluding hydrogens is 1030 g/mol. The summed E-state index contributed by atoms with van der Waals surface area (Å²) in [6.07, 6.45) is 13.6. The van der Waals surface area contributed by atoms with Crippen molar-refractivity contribution in [3.05, 3.63) is 41.6 Å². The largest absolute Gasteiger partial charge is 0.491 e. The van der Waals surface area contributed by atoms with Gasteiger partial charge in [0.1, 0.15) is 11.5 Å². The van der Waals surface area contributed by atoms with Crippen LogP contribution in [0.3, 0.4) is 0 Å². The Kier molecular flexibility index (Phi) is 17.5. The summed E-state index contributed by atoms with van der Waals surface area (Å²) in [6.45, 7) is 19.0. The molecule has 340 valence electrons. The first-order valence-corrected chi connectivity index (χ1v) is 29.8. The molecule has 4 atom stereocenters. The van der Waals surface area contributed by atoms with E-state index < -0.39 is 0 Å². The van der Waals surface area contributed by atoms with Gasteiger partial charge in [-0.2, -0.15) is 0 Å². The second kappa shape index (κ2) is 22.4. The second-order valence-corrected chi connectivity index (χ2v) is 26.1. The van der Waals surface area contributed by atoms with Crippen LogP contribution in [0.4, 0.5) is 0 Å². The number of ketones is 2. The average molecular weight is 1090 g/mol. The van der Waals surface area contributed by atoms with Gasteiger partial charge in [-0.05, 0) is 100 Å². The molecule has 4 unspecified atom stereocenters. The van der Waals surface area contributed by atoms with Gasteiger partial charge < -0.3 is 9.47 Å². The zero-order chi connectivity index (χ0) is 44.9. The minimum atomic E-state index is 0.0645. The molecule has 6 aromatic heterocycles. The van der Waals surface area contributed by atoms with Gasteiger partial charge in [0.25, 0.3) is 0 Å². The summed E-state index contributed by atoms with van der Waals surface area (Å²) < 4.78 is 20.8. The van der Waals surface area contributed by atoms with Crippen molar-refractivity contribution in [3.63, 3.8) is 0 Å². The molecule has 0 fully saturated rings. The molecule has 4 nitrogen and oxygen atoms in total. The predicted octanol–water partition coefficient (Wildman–Crippen LogP) is 20.3. The Morgan fingerprint density at radius 3 is 1.38 bits per heavy atom. The van der Waals surface area contributed by atoms with Crippen LogP contribution in [-0.2, 0) is 0 Å². The van der Waals surface area contributed by atoms with Crippen molar-refractivity contribution in [2.24, 2.45) is 23.7 Å². The van der Waals surface area contributed by atoms with Crippen LogP contribution < -0.4 is 9.47 Å². The van der Waals surface area contributed by atoms with E-state index in [4.69, 9.17) is 9.47 Å².